The van der Waals surface area contributed by atoms with E-state index in [-0.39, 0.29) is 17.3 Å². The summed E-state index contributed by atoms with van der Waals surface area (Å²) in [4.78, 5) is 24.6. The summed E-state index contributed by atoms with van der Waals surface area (Å²) in [6.45, 7) is 3.96. The van der Waals surface area contributed by atoms with E-state index in [2.05, 4.69) is 6.92 Å². The molecule has 0 aromatic rings. The molecule has 0 unspecified atom stereocenters. The summed E-state index contributed by atoms with van der Waals surface area (Å²) >= 11 is 1.50. The fourth-order valence-corrected chi connectivity index (χ4v) is 3.70. The summed E-state index contributed by atoms with van der Waals surface area (Å²) in [5.74, 6) is 0.787. The summed E-state index contributed by atoms with van der Waals surface area (Å²) in [6.07, 6.45) is 12.9. The van der Waals surface area contributed by atoms with Crippen molar-refractivity contribution >= 4 is 23.3 Å². The van der Waals surface area contributed by atoms with Gasteiger partial charge in [0, 0.05) is 11.6 Å². The maximum Gasteiger partial charge on any atom is 0.234 e. The second-order valence-electron chi connectivity index (χ2n) is 6.04. The van der Waals surface area contributed by atoms with E-state index in [1.54, 1.807) is 6.92 Å². The predicted molar refractivity (Wildman–Crippen MR) is 97.5 cm³/mol. The SMILES string of the molecule is CCCCCCCCCCCSC1=C(C)C(=O)C=C(OC)C1=O. The number of methoxy groups -OCH3 is 1. The zero-order valence-electron chi connectivity index (χ0n) is 14.8. The Morgan fingerprint density at radius 3 is 2.09 bits per heavy atom. The third-order valence-corrected chi connectivity index (χ3v) is 5.39. The van der Waals surface area contributed by atoms with Crippen molar-refractivity contribution in [3.8, 4) is 0 Å². The van der Waals surface area contributed by atoms with Crippen molar-refractivity contribution in [1.29, 1.82) is 0 Å². The number of carbonyl (C=O) groups excluding carboxylic acids is 2. The summed E-state index contributed by atoms with van der Waals surface area (Å²) in [7, 11) is 1.43. The van der Waals surface area contributed by atoms with Crippen molar-refractivity contribution in [2.45, 2.75) is 71.6 Å². The minimum Gasteiger partial charge on any atom is -0.492 e. The van der Waals surface area contributed by atoms with Gasteiger partial charge >= 0.3 is 0 Å². The molecule has 0 amide bonds. The normalized spacial score (nSPS) is 15.2. The molecule has 23 heavy (non-hydrogen) atoms. The van der Waals surface area contributed by atoms with Gasteiger partial charge < -0.3 is 4.74 Å². The highest BCUT2D eigenvalue weighted by Crippen LogP contribution is 2.29. The molecule has 0 aliphatic heterocycles. The summed E-state index contributed by atoms with van der Waals surface area (Å²) in [5.41, 5.74) is 0.553. The van der Waals surface area contributed by atoms with Crippen LogP contribution in [0.1, 0.15) is 71.6 Å². The quantitative estimate of drug-likeness (QED) is 0.362. The van der Waals surface area contributed by atoms with Gasteiger partial charge in [-0.3, -0.25) is 9.59 Å². The average molecular weight is 339 g/mol. The molecule has 0 aromatic carbocycles. The molecule has 0 heterocycles. The third kappa shape index (κ3) is 6.94. The minimum atomic E-state index is -0.148. The van der Waals surface area contributed by atoms with Crippen LogP contribution in [0.15, 0.2) is 22.3 Å². The molecule has 0 atom stereocenters. The molecule has 0 saturated heterocycles. The van der Waals surface area contributed by atoms with Gasteiger partial charge in [-0.1, -0.05) is 58.3 Å². The fraction of sp³-hybridized carbons (Fsp3) is 0.684. The number of rotatable bonds is 12. The van der Waals surface area contributed by atoms with Crippen molar-refractivity contribution in [1.82, 2.24) is 0 Å². The molecule has 0 aromatic heterocycles. The van der Waals surface area contributed by atoms with Crippen LogP contribution in [0.25, 0.3) is 0 Å². The lowest BCUT2D eigenvalue weighted by molar-refractivity contribution is -0.117. The van der Waals surface area contributed by atoms with Gasteiger partial charge in [-0.15, -0.1) is 11.8 Å². The van der Waals surface area contributed by atoms with Gasteiger partial charge in [0.15, 0.2) is 11.5 Å². The minimum absolute atomic E-state index is 0.115. The molecule has 0 saturated carbocycles. The van der Waals surface area contributed by atoms with Crippen molar-refractivity contribution in [2.24, 2.45) is 0 Å². The van der Waals surface area contributed by atoms with E-state index in [1.165, 1.54) is 76.3 Å². The Morgan fingerprint density at radius 2 is 1.52 bits per heavy atom. The zero-order valence-corrected chi connectivity index (χ0v) is 15.6. The zero-order chi connectivity index (χ0) is 17.1. The van der Waals surface area contributed by atoms with Gasteiger partial charge in [0.05, 0.1) is 12.0 Å². The number of hydrogen-bond donors (Lipinski definition) is 0. The number of carbonyl (C=O) groups is 2. The Balaban J connectivity index is 2.19. The molecule has 0 radical (unpaired) electrons. The summed E-state index contributed by atoms with van der Waals surface area (Å²) in [6, 6.07) is 0. The number of Topliss-reactive ketones (excluding diaryl/α,β-unsaturated/α-hetero) is 1. The number of thioether (sulfide) groups is 1. The van der Waals surface area contributed by atoms with Crippen molar-refractivity contribution in [3.05, 3.63) is 22.3 Å². The first-order chi connectivity index (χ1) is 11.1. The van der Waals surface area contributed by atoms with Crippen LogP contribution in [0.2, 0.25) is 0 Å². The lowest BCUT2D eigenvalue weighted by Crippen LogP contribution is -2.17. The van der Waals surface area contributed by atoms with Gasteiger partial charge in [0.1, 0.15) is 0 Å². The molecular formula is C19H30O3S. The van der Waals surface area contributed by atoms with E-state index in [1.807, 2.05) is 0 Å². The van der Waals surface area contributed by atoms with Gasteiger partial charge in [-0.2, -0.15) is 0 Å². The lowest BCUT2D eigenvalue weighted by Gasteiger charge is -2.15. The van der Waals surface area contributed by atoms with Crippen LogP contribution < -0.4 is 0 Å². The summed E-state index contributed by atoms with van der Waals surface area (Å²) < 4.78 is 5.00. The first kappa shape index (κ1) is 20.0. The van der Waals surface area contributed by atoms with Crippen molar-refractivity contribution in [2.75, 3.05) is 12.9 Å². The lowest BCUT2D eigenvalue weighted by atomic mass is 10.0. The highest BCUT2D eigenvalue weighted by molar-refractivity contribution is 8.04. The Bertz CT molecular complexity index is 463. The van der Waals surface area contributed by atoms with Crippen LogP contribution >= 0.6 is 11.8 Å². The second kappa shape index (κ2) is 11.5. The standard InChI is InChI=1S/C19H30O3S/c1-4-5-6-7-8-9-10-11-12-13-23-19-15(2)16(20)14-17(22-3)18(19)21/h14H,4-13H2,1-3H3. The third-order valence-electron chi connectivity index (χ3n) is 4.12. The first-order valence-corrected chi connectivity index (χ1v) is 9.78. The molecule has 1 aliphatic carbocycles. The van der Waals surface area contributed by atoms with Crippen molar-refractivity contribution < 1.29 is 14.3 Å². The van der Waals surface area contributed by atoms with Crippen molar-refractivity contribution in [3.63, 3.8) is 0 Å². The van der Waals surface area contributed by atoms with Crippen LogP contribution in [0, 0.1) is 0 Å². The molecule has 0 N–H and O–H groups in total. The highest BCUT2D eigenvalue weighted by Gasteiger charge is 2.26. The van der Waals surface area contributed by atoms with Crippen LogP contribution in [-0.4, -0.2) is 24.4 Å². The largest absolute Gasteiger partial charge is 0.492 e. The molecule has 0 bridgehead atoms. The molecule has 1 rings (SSSR count). The molecule has 130 valence electrons. The molecule has 0 fully saturated rings. The molecular weight excluding hydrogens is 308 g/mol. The van der Waals surface area contributed by atoms with E-state index >= 15 is 0 Å². The number of ether oxygens (including phenoxy) is 1. The number of allylic oxidation sites excluding steroid dienone is 3. The van der Waals surface area contributed by atoms with Crippen LogP contribution in [0.3, 0.4) is 0 Å². The van der Waals surface area contributed by atoms with E-state index in [0.29, 0.717) is 10.5 Å². The molecule has 4 heteroatoms. The number of unbranched alkanes of at least 4 members (excludes halogenated alkanes) is 8. The van der Waals surface area contributed by atoms with Crippen LogP contribution in [0.5, 0.6) is 0 Å². The Hall–Kier alpha value is -1.03. The molecule has 1 aliphatic rings. The maximum atomic E-state index is 12.2. The van der Waals surface area contributed by atoms with Gasteiger partial charge in [-0.25, -0.2) is 0 Å². The van der Waals surface area contributed by atoms with E-state index in [4.69, 9.17) is 4.74 Å². The van der Waals surface area contributed by atoms with E-state index in [0.717, 1.165) is 12.2 Å². The Labute approximate surface area is 144 Å². The maximum absolute atomic E-state index is 12.2. The van der Waals surface area contributed by atoms with Gasteiger partial charge in [0.2, 0.25) is 5.78 Å². The topological polar surface area (TPSA) is 43.4 Å². The second-order valence-corrected chi connectivity index (χ2v) is 7.14. The summed E-state index contributed by atoms with van der Waals surface area (Å²) in [5, 5.41) is 0. The number of hydrogen-bond acceptors (Lipinski definition) is 4. The van der Waals surface area contributed by atoms with Crippen LogP contribution in [0.4, 0.5) is 0 Å². The highest BCUT2D eigenvalue weighted by atomic mass is 32.2. The Morgan fingerprint density at radius 1 is 0.957 bits per heavy atom. The number of ketones is 2. The predicted octanol–water partition coefficient (Wildman–Crippen LogP) is 5.21. The monoisotopic (exact) mass is 338 g/mol. The van der Waals surface area contributed by atoms with Gasteiger partial charge in [0.25, 0.3) is 0 Å². The molecule has 3 nitrogen and oxygen atoms in total. The fourth-order valence-electron chi connectivity index (χ4n) is 2.60. The van der Waals surface area contributed by atoms with Gasteiger partial charge in [-0.05, 0) is 19.1 Å². The smallest absolute Gasteiger partial charge is 0.234 e. The van der Waals surface area contributed by atoms with Crippen LogP contribution in [-0.2, 0) is 14.3 Å². The molecule has 0 spiro atoms. The Kier molecular flexibility index (Phi) is 10.0. The average Bonchev–Trinajstić information content (AvgIpc) is 2.55. The van der Waals surface area contributed by atoms with E-state index < -0.39 is 0 Å². The van der Waals surface area contributed by atoms with E-state index in [9.17, 15) is 9.59 Å². The first-order valence-electron chi connectivity index (χ1n) is 8.80.